The standard InChI is InChI=1S/C57H73N3O20Si/c1-33(61)24-26-42(64)76-48-44(59-60-58)54(79-47-40-31-71-55(75-40)52(77-43(65)27-25-34(2)62)50(47)70-29-37-20-14-10-15-21-37)74-41(32-72-81(7,8)57(4,5)6)46(48)80-56-51(78-53(67)38-22-16-11-17-23-38)49(69-28-36-18-12-9-13-19-36)45(66)39(73-56)30-68-35(3)63/h9-23,39-41,44-52,54-56,66H,24-32H2,1-8H3/t39-,40+,41-,44-,45-,46-,47-,48-,49+,50+,51-,52+,54-,55-,56+/m1/s1. The molecular weight excluding hydrogens is 1070 g/mol. The van der Waals surface area contributed by atoms with E-state index >= 15 is 0 Å². The highest BCUT2D eigenvalue weighted by Gasteiger charge is 2.59. The van der Waals surface area contributed by atoms with Gasteiger partial charge in [-0.1, -0.05) is 105 Å². The van der Waals surface area contributed by atoms with Crippen LogP contribution in [0, 0.1) is 0 Å². The fourth-order valence-electron chi connectivity index (χ4n) is 9.18. The molecule has 3 aromatic carbocycles. The summed E-state index contributed by atoms with van der Waals surface area (Å²) in [5.41, 5.74) is 12.0. The molecule has 15 atom stereocenters. The van der Waals surface area contributed by atoms with Gasteiger partial charge >= 0.3 is 23.9 Å². The van der Waals surface area contributed by atoms with Gasteiger partial charge in [0.05, 0.1) is 44.8 Å². The number of rotatable bonds is 26. The molecule has 23 nitrogen and oxygen atoms in total. The van der Waals surface area contributed by atoms with Crippen LogP contribution in [0.4, 0.5) is 0 Å². The summed E-state index contributed by atoms with van der Waals surface area (Å²) in [5.74, 6) is -3.81. The van der Waals surface area contributed by atoms with Gasteiger partial charge in [-0.2, -0.15) is 0 Å². The number of azide groups is 1. The Kier molecular flexibility index (Phi) is 22.3. The number of aliphatic hydroxyl groups is 1. The van der Waals surface area contributed by atoms with E-state index in [9.17, 15) is 39.4 Å². The monoisotopic (exact) mass is 1150 g/mol. The summed E-state index contributed by atoms with van der Waals surface area (Å²) in [4.78, 5) is 81.4. The van der Waals surface area contributed by atoms with Crippen molar-refractivity contribution in [3.63, 3.8) is 0 Å². The smallest absolute Gasteiger partial charge is 0.338 e. The third-order valence-electron chi connectivity index (χ3n) is 14.6. The van der Waals surface area contributed by atoms with E-state index < -0.39 is 137 Å². The van der Waals surface area contributed by atoms with Crippen LogP contribution < -0.4 is 0 Å². The molecule has 2 bridgehead atoms. The van der Waals surface area contributed by atoms with Gasteiger partial charge in [0.15, 0.2) is 39.4 Å². The van der Waals surface area contributed by atoms with Crippen LogP contribution in [0.1, 0.15) is 88.7 Å². The predicted molar refractivity (Wildman–Crippen MR) is 286 cm³/mol. The quantitative estimate of drug-likeness (QED) is 0.0223. The van der Waals surface area contributed by atoms with Crippen LogP contribution in [0.2, 0.25) is 18.1 Å². The lowest BCUT2D eigenvalue weighted by Crippen LogP contribution is -2.67. The largest absolute Gasteiger partial charge is 0.463 e. The number of hydrogen-bond acceptors (Lipinski definition) is 21. The molecule has 0 radical (unpaired) electrons. The Balaban J connectivity index is 1.34. The second-order valence-electron chi connectivity index (χ2n) is 21.8. The van der Waals surface area contributed by atoms with Gasteiger partial charge in [-0.05, 0) is 60.8 Å². The molecule has 24 heteroatoms. The summed E-state index contributed by atoms with van der Waals surface area (Å²) >= 11 is 0. The van der Waals surface area contributed by atoms with Gasteiger partial charge in [0, 0.05) is 24.7 Å². The molecule has 3 aromatic rings. The molecule has 4 aliphatic rings. The SMILES string of the molecule is CC(=O)CCC(=O)O[C@@H]1[C@@H]2OC[C@H](O2)[C@@H](O[C@H]2O[C@H](CO[Si](C)(C)C(C)(C)C)[C@@H](O[C@@H]3O[C@H](COC(C)=O)[C@@H](O)[C@H](OCc4ccccc4)[C@H]3OC(=O)c3ccccc3)[C@H](OC(=O)CCC(C)=O)[C@H]2N=[N+]=[N-])[C@@H]1OCc1ccccc1. The molecule has 7 rings (SSSR count). The van der Waals surface area contributed by atoms with Gasteiger partial charge in [0.25, 0.3) is 0 Å². The number of esters is 4. The molecule has 440 valence electrons. The number of carbonyl (C=O) groups excluding carboxylic acids is 6. The van der Waals surface area contributed by atoms with Gasteiger partial charge < -0.3 is 76.0 Å². The molecule has 0 amide bonds. The molecule has 0 spiro atoms. The minimum Gasteiger partial charge on any atom is -0.463 e. The van der Waals surface area contributed by atoms with E-state index in [4.69, 9.17) is 61.3 Å². The highest BCUT2D eigenvalue weighted by Crippen LogP contribution is 2.42. The Morgan fingerprint density at radius 2 is 1.19 bits per heavy atom. The number of nitrogens with zero attached hydrogens (tertiary/aromatic N) is 3. The normalized spacial score (nSPS) is 29.1. The van der Waals surface area contributed by atoms with E-state index in [0.717, 1.165) is 5.56 Å². The Morgan fingerprint density at radius 3 is 1.74 bits per heavy atom. The van der Waals surface area contributed by atoms with Crippen LogP contribution >= 0.6 is 0 Å². The summed E-state index contributed by atoms with van der Waals surface area (Å²) in [5, 5.41) is 15.8. The molecule has 0 aliphatic carbocycles. The molecule has 1 N–H and O–H groups in total. The molecule has 4 aliphatic heterocycles. The van der Waals surface area contributed by atoms with Crippen molar-refractivity contribution in [1.29, 1.82) is 0 Å². The first kappa shape index (κ1) is 62.6. The first-order chi connectivity index (χ1) is 38.6. The zero-order chi connectivity index (χ0) is 58.4. The second kappa shape index (κ2) is 28.8. The highest BCUT2D eigenvalue weighted by molar-refractivity contribution is 6.74. The summed E-state index contributed by atoms with van der Waals surface area (Å²) < 4.78 is 83.2. The zero-order valence-electron chi connectivity index (χ0n) is 46.7. The van der Waals surface area contributed by atoms with Crippen molar-refractivity contribution >= 4 is 43.8 Å². The van der Waals surface area contributed by atoms with Crippen LogP contribution in [0.15, 0.2) is 96.1 Å². The van der Waals surface area contributed by atoms with Crippen molar-refractivity contribution in [3.05, 3.63) is 118 Å². The number of ketones is 2. The van der Waals surface area contributed by atoms with Crippen LogP contribution in [-0.4, -0.2) is 161 Å². The lowest BCUT2D eigenvalue weighted by Gasteiger charge is -2.50. The molecular formula is C57H73N3O20Si. The molecule has 81 heavy (non-hydrogen) atoms. The average Bonchev–Trinajstić information content (AvgIpc) is 3.92. The number of fused-ring (bicyclic) bond motifs is 2. The van der Waals surface area contributed by atoms with Gasteiger partial charge in [-0.3, -0.25) is 14.4 Å². The average molecular weight is 1150 g/mol. The van der Waals surface area contributed by atoms with Crippen LogP contribution in [0.3, 0.4) is 0 Å². The fourth-order valence-corrected chi connectivity index (χ4v) is 10.2. The minimum absolute atomic E-state index is 0.0203. The molecule has 4 saturated heterocycles. The van der Waals surface area contributed by atoms with Crippen molar-refractivity contribution < 1.29 is 95.1 Å². The van der Waals surface area contributed by atoms with Crippen molar-refractivity contribution in [2.45, 2.75) is 191 Å². The van der Waals surface area contributed by atoms with Crippen molar-refractivity contribution in [2.24, 2.45) is 5.11 Å². The van der Waals surface area contributed by atoms with Gasteiger partial charge in [0.2, 0.25) is 0 Å². The maximum absolute atomic E-state index is 14.2. The Labute approximate surface area is 471 Å². The third kappa shape index (κ3) is 17.1. The summed E-state index contributed by atoms with van der Waals surface area (Å²) in [7, 11) is -2.75. The number of benzene rings is 3. The Morgan fingerprint density at radius 1 is 0.642 bits per heavy atom. The number of Topliss-reactive ketones (excluding diaryl/α,β-unsaturated/α-hetero) is 2. The molecule has 0 aromatic heterocycles. The van der Waals surface area contributed by atoms with Crippen molar-refractivity contribution in [1.82, 2.24) is 0 Å². The number of ether oxygens (including phenoxy) is 12. The summed E-state index contributed by atoms with van der Waals surface area (Å²) in [6, 6.07) is 24.4. The van der Waals surface area contributed by atoms with Gasteiger partial charge in [-0.25, -0.2) is 4.79 Å². The Bertz CT molecular complexity index is 2640. The van der Waals surface area contributed by atoms with E-state index in [1.807, 2.05) is 70.3 Å². The third-order valence-corrected chi connectivity index (χ3v) is 19.1. The minimum atomic E-state index is -2.75. The number of hydrogen-bond donors (Lipinski definition) is 1. The van der Waals surface area contributed by atoms with Gasteiger partial charge in [-0.15, -0.1) is 0 Å². The molecule has 0 saturated carbocycles. The number of aliphatic hydroxyl groups excluding tert-OH is 1. The van der Waals surface area contributed by atoms with E-state index in [0.29, 0.717) is 5.56 Å². The number of carbonyl (C=O) groups is 6. The van der Waals surface area contributed by atoms with Crippen LogP contribution in [0.25, 0.3) is 10.4 Å². The topological polar surface area (TPSA) is 291 Å². The molecule has 0 unspecified atom stereocenters. The maximum atomic E-state index is 14.2. The lowest BCUT2D eigenvalue weighted by molar-refractivity contribution is -0.359. The highest BCUT2D eigenvalue weighted by atomic mass is 28.4. The summed E-state index contributed by atoms with van der Waals surface area (Å²) in [6.07, 6.45) is -21.1. The second-order valence-corrected chi connectivity index (χ2v) is 26.6. The molecule has 4 heterocycles. The Hall–Kier alpha value is -5.99. The first-order valence-corrected chi connectivity index (χ1v) is 29.9. The van der Waals surface area contributed by atoms with Crippen LogP contribution in [0.5, 0.6) is 0 Å². The van der Waals surface area contributed by atoms with Crippen molar-refractivity contribution in [3.8, 4) is 0 Å². The van der Waals surface area contributed by atoms with Crippen molar-refractivity contribution in [2.75, 3.05) is 19.8 Å². The molecule has 4 fully saturated rings. The maximum Gasteiger partial charge on any atom is 0.338 e. The van der Waals surface area contributed by atoms with E-state index in [2.05, 4.69) is 10.0 Å². The van der Waals surface area contributed by atoms with Gasteiger partial charge in [0.1, 0.15) is 79.2 Å². The summed E-state index contributed by atoms with van der Waals surface area (Å²) in [6.45, 7) is 12.8. The van der Waals surface area contributed by atoms with Crippen LogP contribution in [-0.2, 0) is 98.5 Å². The predicted octanol–water partition coefficient (Wildman–Crippen LogP) is 6.54. The lowest BCUT2D eigenvalue weighted by atomic mass is 9.94. The van der Waals surface area contributed by atoms with E-state index in [-0.39, 0.29) is 67.9 Å². The zero-order valence-corrected chi connectivity index (χ0v) is 47.7. The fraction of sp³-hybridized carbons (Fsp3) is 0.579. The van der Waals surface area contributed by atoms with E-state index in [1.165, 1.54) is 32.9 Å². The first-order valence-electron chi connectivity index (χ1n) is 27.0. The van der Waals surface area contributed by atoms with E-state index in [1.54, 1.807) is 42.5 Å².